The van der Waals surface area contributed by atoms with Crippen molar-refractivity contribution in [2.45, 2.75) is 70.1 Å². The lowest BCUT2D eigenvalue weighted by atomic mass is 9.84. The van der Waals surface area contributed by atoms with Gasteiger partial charge in [0.25, 0.3) is 0 Å². The van der Waals surface area contributed by atoms with Crippen LogP contribution in [-0.2, 0) is 26.7 Å². The first-order valence-corrected chi connectivity index (χ1v) is 14.6. The molecule has 0 aliphatic carbocycles. The molecule has 3 rings (SSSR count). The third kappa shape index (κ3) is 7.80. The van der Waals surface area contributed by atoms with Gasteiger partial charge < -0.3 is 10.0 Å². The molecule has 1 unspecified atom stereocenters. The second kappa shape index (κ2) is 11.9. The second-order valence-corrected chi connectivity index (χ2v) is 13.4. The maximum atomic E-state index is 12.5. The molecule has 192 valence electrons. The summed E-state index contributed by atoms with van der Waals surface area (Å²) in [6.45, 7) is 6.94. The van der Waals surface area contributed by atoms with Gasteiger partial charge in [-0.1, -0.05) is 42.8 Å². The smallest absolute Gasteiger partial charge is 0.152 e. The molecule has 1 atom stereocenters. The molecule has 1 heterocycles. The van der Waals surface area contributed by atoms with Gasteiger partial charge in [0.1, 0.15) is 5.78 Å². The van der Waals surface area contributed by atoms with E-state index in [2.05, 4.69) is 17.0 Å². The highest BCUT2D eigenvalue weighted by Gasteiger charge is 2.34. The molecule has 5 nitrogen and oxygen atoms in total. The molecule has 0 bridgehead atoms. The van der Waals surface area contributed by atoms with Crippen LogP contribution in [0.3, 0.4) is 0 Å². The van der Waals surface area contributed by atoms with Gasteiger partial charge in [0, 0.05) is 36.6 Å². The van der Waals surface area contributed by atoms with Gasteiger partial charge in [-0.25, -0.2) is 8.42 Å². The van der Waals surface area contributed by atoms with Crippen LogP contribution in [-0.4, -0.2) is 43.4 Å². The second-order valence-electron chi connectivity index (χ2n) is 10.3. The van der Waals surface area contributed by atoms with Crippen LogP contribution in [0.1, 0.15) is 64.0 Å². The van der Waals surface area contributed by atoms with Gasteiger partial charge in [0.2, 0.25) is 0 Å². The fraction of sp³-hybridized carbons (Fsp3) is 0.536. The van der Waals surface area contributed by atoms with E-state index in [9.17, 15) is 18.3 Å². The molecule has 0 radical (unpaired) electrons. The molecule has 2 aromatic rings. The molecular weight excluding hydrogens is 482 g/mol. The minimum Gasteiger partial charge on any atom is -0.385 e. The van der Waals surface area contributed by atoms with E-state index in [4.69, 9.17) is 11.6 Å². The summed E-state index contributed by atoms with van der Waals surface area (Å²) < 4.78 is 23.9. The predicted octanol–water partition coefficient (Wildman–Crippen LogP) is 5.57. The van der Waals surface area contributed by atoms with Crippen LogP contribution in [0, 0.1) is 5.92 Å². The van der Waals surface area contributed by atoms with Crippen LogP contribution in [0.4, 0.5) is 5.69 Å². The number of sulfone groups is 1. The number of hydrogen-bond acceptors (Lipinski definition) is 5. The van der Waals surface area contributed by atoms with E-state index in [0.29, 0.717) is 37.1 Å². The third-order valence-electron chi connectivity index (χ3n) is 7.10. The molecule has 0 saturated carbocycles. The van der Waals surface area contributed by atoms with E-state index in [1.54, 1.807) is 13.8 Å². The summed E-state index contributed by atoms with van der Waals surface area (Å²) in [5.74, 6) is 0.554. The SMILES string of the molecule is CC(CCCS(=O)(=O)C(C)C)CC(=O)Cc1ccc(N2CCC(O)(c3ccc(Cl)cc3)CC2)cc1. The highest BCUT2D eigenvalue weighted by molar-refractivity contribution is 7.91. The van der Waals surface area contributed by atoms with E-state index < -0.39 is 15.4 Å². The zero-order valence-electron chi connectivity index (χ0n) is 21.0. The molecule has 7 heteroatoms. The van der Waals surface area contributed by atoms with Gasteiger partial charge in [-0.2, -0.15) is 0 Å². The predicted molar refractivity (Wildman–Crippen MR) is 144 cm³/mol. The zero-order valence-corrected chi connectivity index (χ0v) is 22.6. The highest BCUT2D eigenvalue weighted by Crippen LogP contribution is 2.35. The van der Waals surface area contributed by atoms with Crippen molar-refractivity contribution in [1.82, 2.24) is 0 Å². The van der Waals surface area contributed by atoms with Gasteiger partial charge in [-0.05, 0) is 80.8 Å². The summed E-state index contributed by atoms with van der Waals surface area (Å²) in [6.07, 6.45) is 3.50. The molecular formula is C28H38ClNO4S. The van der Waals surface area contributed by atoms with Crippen molar-refractivity contribution >= 4 is 32.9 Å². The Morgan fingerprint density at radius 2 is 1.63 bits per heavy atom. The Labute approximate surface area is 215 Å². The fourth-order valence-electron chi connectivity index (χ4n) is 4.67. The van der Waals surface area contributed by atoms with Crippen molar-refractivity contribution in [2.24, 2.45) is 5.92 Å². The molecule has 1 aliphatic heterocycles. The Balaban J connectivity index is 1.45. The van der Waals surface area contributed by atoms with Crippen molar-refractivity contribution in [2.75, 3.05) is 23.7 Å². The van der Waals surface area contributed by atoms with Crippen LogP contribution in [0.2, 0.25) is 5.02 Å². The first-order chi connectivity index (χ1) is 16.5. The van der Waals surface area contributed by atoms with Gasteiger partial charge >= 0.3 is 0 Å². The number of anilines is 1. The van der Waals surface area contributed by atoms with Crippen LogP contribution in [0.5, 0.6) is 0 Å². The van der Waals surface area contributed by atoms with Crippen LogP contribution in [0.15, 0.2) is 48.5 Å². The number of ketones is 1. The minimum absolute atomic E-state index is 0.178. The number of benzene rings is 2. The first kappa shape index (κ1) is 27.7. The van der Waals surface area contributed by atoms with Crippen molar-refractivity contribution in [3.63, 3.8) is 0 Å². The average Bonchev–Trinajstić information content (AvgIpc) is 2.80. The zero-order chi connectivity index (χ0) is 25.6. The number of rotatable bonds is 11. The van der Waals surface area contributed by atoms with Gasteiger partial charge in [-0.15, -0.1) is 0 Å². The summed E-state index contributed by atoms with van der Waals surface area (Å²) in [6, 6.07) is 15.6. The van der Waals surface area contributed by atoms with Crippen molar-refractivity contribution < 1.29 is 18.3 Å². The van der Waals surface area contributed by atoms with Gasteiger partial charge in [0.15, 0.2) is 9.84 Å². The highest BCUT2D eigenvalue weighted by atomic mass is 35.5. The Hall–Kier alpha value is -1.89. The summed E-state index contributed by atoms with van der Waals surface area (Å²) in [5, 5.41) is 11.4. The lowest BCUT2D eigenvalue weighted by Crippen LogP contribution is -2.42. The maximum absolute atomic E-state index is 12.5. The molecule has 1 saturated heterocycles. The standard InChI is InChI=1S/C28H38ClNO4S/c1-21(2)35(33,34)18-4-5-22(3)19-27(31)20-23-6-12-26(13-7-23)30-16-14-28(32,15-17-30)24-8-10-25(29)11-9-24/h6-13,21-22,32H,4-5,14-20H2,1-3H3. The number of Topliss-reactive ketones (excluding diaryl/α,β-unsaturated/α-hetero) is 1. The number of carbonyl (C=O) groups is 1. The summed E-state index contributed by atoms with van der Waals surface area (Å²) >= 11 is 5.98. The normalized spacial score (nSPS) is 16.9. The van der Waals surface area contributed by atoms with Gasteiger partial charge in [0.05, 0.1) is 16.6 Å². The maximum Gasteiger partial charge on any atom is 0.152 e. The van der Waals surface area contributed by atoms with Crippen LogP contribution < -0.4 is 4.90 Å². The number of aliphatic hydroxyl groups is 1. The number of nitrogens with zero attached hydrogens (tertiary/aromatic N) is 1. The summed E-state index contributed by atoms with van der Waals surface area (Å²) in [5.41, 5.74) is 2.16. The Bertz CT molecular complexity index is 1070. The van der Waals surface area contributed by atoms with Crippen LogP contribution >= 0.6 is 11.6 Å². The van der Waals surface area contributed by atoms with Crippen molar-refractivity contribution in [3.05, 3.63) is 64.7 Å². The summed E-state index contributed by atoms with van der Waals surface area (Å²) in [4.78, 5) is 14.8. The number of carbonyl (C=O) groups excluding carboxylic acids is 1. The molecule has 0 spiro atoms. The Kier molecular flexibility index (Phi) is 9.41. The largest absolute Gasteiger partial charge is 0.385 e. The number of hydrogen-bond donors (Lipinski definition) is 1. The molecule has 2 aromatic carbocycles. The molecule has 1 fully saturated rings. The van der Waals surface area contributed by atoms with Crippen molar-refractivity contribution in [3.8, 4) is 0 Å². The van der Waals surface area contributed by atoms with Crippen LogP contribution in [0.25, 0.3) is 0 Å². The lowest BCUT2D eigenvalue weighted by molar-refractivity contribution is -0.119. The monoisotopic (exact) mass is 519 g/mol. The Morgan fingerprint density at radius 1 is 1.03 bits per heavy atom. The first-order valence-electron chi connectivity index (χ1n) is 12.5. The van der Waals surface area contributed by atoms with E-state index in [1.165, 1.54) is 0 Å². The van der Waals surface area contributed by atoms with E-state index in [-0.39, 0.29) is 22.7 Å². The molecule has 1 aliphatic rings. The number of piperidine rings is 1. The minimum atomic E-state index is -3.01. The molecule has 0 amide bonds. The van der Waals surface area contributed by atoms with Gasteiger partial charge in [-0.3, -0.25) is 4.79 Å². The van der Waals surface area contributed by atoms with E-state index in [0.717, 1.165) is 36.3 Å². The molecule has 35 heavy (non-hydrogen) atoms. The molecule has 0 aromatic heterocycles. The quantitative estimate of drug-likeness (QED) is 0.420. The summed E-state index contributed by atoms with van der Waals surface area (Å²) in [7, 11) is -3.01. The van der Waals surface area contributed by atoms with E-state index in [1.807, 2.05) is 43.3 Å². The van der Waals surface area contributed by atoms with Crippen molar-refractivity contribution in [1.29, 1.82) is 0 Å². The molecule has 1 N–H and O–H groups in total. The topological polar surface area (TPSA) is 74.7 Å². The average molecular weight is 520 g/mol. The van der Waals surface area contributed by atoms with E-state index >= 15 is 0 Å². The third-order valence-corrected chi connectivity index (χ3v) is 9.64. The lowest BCUT2D eigenvalue weighted by Gasteiger charge is -2.39. The number of halogens is 1. The Morgan fingerprint density at radius 3 is 2.20 bits per heavy atom. The fourth-order valence-corrected chi connectivity index (χ4v) is 5.83.